The Morgan fingerprint density at radius 2 is 1.62 bits per heavy atom. The van der Waals surface area contributed by atoms with Crippen molar-refractivity contribution in [1.82, 2.24) is 0 Å². The minimum atomic E-state index is -3.58. The van der Waals surface area contributed by atoms with Crippen molar-refractivity contribution in [2.45, 2.75) is 24.9 Å². The molecule has 1 aliphatic rings. The minimum absolute atomic E-state index is 0.00544. The summed E-state index contributed by atoms with van der Waals surface area (Å²) < 4.78 is 45.0. The van der Waals surface area contributed by atoms with Crippen LogP contribution in [0.3, 0.4) is 0 Å². The van der Waals surface area contributed by atoms with Gasteiger partial charge in [-0.25, -0.2) is 13.2 Å². The van der Waals surface area contributed by atoms with Crippen LogP contribution >= 0.6 is 11.6 Å². The van der Waals surface area contributed by atoms with Crippen molar-refractivity contribution in [3.05, 3.63) is 119 Å². The van der Waals surface area contributed by atoms with E-state index in [2.05, 4.69) is 5.32 Å². The molecule has 1 aliphatic heterocycles. The van der Waals surface area contributed by atoms with Gasteiger partial charge in [-0.1, -0.05) is 60.1 Å². The van der Waals surface area contributed by atoms with E-state index in [1.54, 1.807) is 18.2 Å². The standard InChI is InChI=1S/C31H24ClF3N2O3/c1-30(40)25-17-20(32)11-14-27(25)37(16-15-31(30,34)35)29(39)24-13-12-21(18-26(24)33)36-28(38)23-10-6-5-9-22(23)19-7-3-2-4-8-19/h2-14,17-18,40H,15-16H2,1H3,(H,36,38)/t30-/m1/s1. The van der Waals surface area contributed by atoms with Crippen molar-refractivity contribution in [3.63, 3.8) is 0 Å². The van der Waals surface area contributed by atoms with Gasteiger partial charge in [-0.05, 0) is 60.5 Å². The molecule has 0 unspecified atom stereocenters. The Morgan fingerprint density at radius 1 is 0.925 bits per heavy atom. The number of halogens is 4. The third-order valence-electron chi connectivity index (χ3n) is 7.09. The molecule has 0 spiro atoms. The number of carbonyl (C=O) groups excluding carboxylic acids is 2. The maximum atomic E-state index is 15.3. The molecule has 0 radical (unpaired) electrons. The summed E-state index contributed by atoms with van der Waals surface area (Å²) in [6.07, 6.45) is -0.853. The van der Waals surface area contributed by atoms with Crippen LogP contribution in [0, 0.1) is 5.82 Å². The molecular weight excluding hydrogens is 541 g/mol. The molecule has 1 heterocycles. The van der Waals surface area contributed by atoms with Crippen molar-refractivity contribution in [3.8, 4) is 11.1 Å². The zero-order chi connectivity index (χ0) is 28.7. The topological polar surface area (TPSA) is 69.6 Å². The molecule has 40 heavy (non-hydrogen) atoms. The number of nitrogens with one attached hydrogen (secondary N) is 1. The number of anilines is 2. The fourth-order valence-electron chi connectivity index (χ4n) is 4.82. The molecule has 5 nitrogen and oxygen atoms in total. The predicted molar refractivity (Wildman–Crippen MR) is 148 cm³/mol. The van der Waals surface area contributed by atoms with Crippen molar-refractivity contribution in [2.75, 3.05) is 16.8 Å². The fourth-order valence-corrected chi connectivity index (χ4v) is 4.99. The first-order valence-electron chi connectivity index (χ1n) is 12.5. The largest absolute Gasteiger partial charge is 0.379 e. The number of amides is 2. The molecule has 0 fully saturated rings. The first-order valence-corrected chi connectivity index (χ1v) is 12.8. The van der Waals surface area contributed by atoms with Crippen LogP contribution in [0.2, 0.25) is 5.02 Å². The summed E-state index contributed by atoms with van der Waals surface area (Å²) in [5.41, 5.74) is -1.20. The Bertz CT molecular complexity index is 1610. The van der Waals surface area contributed by atoms with Crippen LogP contribution in [0.25, 0.3) is 11.1 Å². The van der Waals surface area contributed by atoms with Crippen LogP contribution in [-0.2, 0) is 5.60 Å². The van der Waals surface area contributed by atoms with Crippen molar-refractivity contribution >= 4 is 34.8 Å². The van der Waals surface area contributed by atoms with Crippen molar-refractivity contribution in [1.29, 1.82) is 0 Å². The highest BCUT2D eigenvalue weighted by molar-refractivity contribution is 6.30. The molecule has 4 aromatic rings. The number of benzene rings is 4. The molecule has 0 aliphatic carbocycles. The quantitative estimate of drug-likeness (QED) is 0.273. The molecule has 0 saturated heterocycles. The van der Waals surface area contributed by atoms with E-state index in [4.69, 9.17) is 11.6 Å². The molecule has 2 amide bonds. The molecule has 1 atom stereocenters. The van der Waals surface area contributed by atoms with E-state index in [0.29, 0.717) is 11.1 Å². The van der Waals surface area contributed by atoms with Crippen LogP contribution in [0.4, 0.5) is 24.5 Å². The maximum absolute atomic E-state index is 15.3. The SMILES string of the molecule is C[C@@]1(O)c2cc(Cl)ccc2N(C(=O)c2ccc(NC(=O)c3ccccc3-c3ccccc3)cc2F)CCC1(F)F. The maximum Gasteiger partial charge on any atom is 0.281 e. The van der Waals surface area contributed by atoms with Gasteiger partial charge in [0.25, 0.3) is 17.7 Å². The van der Waals surface area contributed by atoms with E-state index >= 15 is 4.39 Å². The molecule has 0 saturated carbocycles. The van der Waals surface area contributed by atoms with Crippen LogP contribution in [0.5, 0.6) is 0 Å². The van der Waals surface area contributed by atoms with Gasteiger partial charge in [0.1, 0.15) is 5.82 Å². The molecular formula is C31H24ClF3N2O3. The molecule has 9 heteroatoms. The Kier molecular flexibility index (Phi) is 7.16. The van der Waals surface area contributed by atoms with Crippen LogP contribution in [0.1, 0.15) is 39.6 Å². The van der Waals surface area contributed by atoms with Crippen molar-refractivity contribution in [2.24, 2.45) is 0 Å². The lowest BCUT2D eigenvalue weighted by Gasteiger charge is -2.32. The summed E-state index contributed by atoms with van der Waals surface area (Å²) in [6, 6.07) is 23.8. The Balaban J connectivity index is 1.43. The second-order valence-electron chi connectivity index (χ2n) is 9.71. The zero-order valence-corrected chi connectivity index (χ0v) is 22.1. The zero-order valence-electron chi connectivity index (χ0n) is 21.3. The second-order valence-corrected chi connectivity index (χ2v) is 10.1. The Labute approximate surface area is 233 Å². The third kappa shape index (κ3) is 4.96. The van der Waals surface area contributed by atoms with Crippen LogP contribution < -0.4 is 10.2 Å². The molecule has 0 bridgehead atoms. The minimum Gasteiger partial charge on any atom is -0.379 e. The molecule has 4 aromatic carbocycles. The second kappa shape index (κ2) is 10.4. The summed E-state index contributed by atoms with van der Waals surface area (Å²) in [7, 11) is 0. The van der Waals surface area contributed by atoms with Gasteiger partial charge in [-0.15, -0.1) is 0 Å². The summed E-state index contributed by atoms with van der Waals surface area (Å²) in [5.74, 6) is -5.87. The summed E-state index contributed by atoms with van der Waals surface area (Å²) in [4.78, 5) is 27.5. The van der Waals surface area contributed by atoms with E-state index in [1.807, 2.05) is 36.4 Å². The molecule has 204 valence electrons. The summed E-state index contributed by atoms with van der Waals surface area (Å²) >= 11 is 6.01. The lowest BCUT2D eigenvalue weighted by atomic mass is 9.87. The van der Waals surface area contributed by atoms with Gasteiger partial charge < -0.3 is 15.3 Å². The average Bonchev–Trinajstić information content (AvgIpc) is 3.01. The number of carbonyl (C=O) groups is 2. The highest BCUT2D eigenvalue weighted by Gasteiger charge is 2.53. The first kappa shape index (κ1) is 27.4. The summed E-state index contributed by atoms with van der Waals surface area (Å²) in [5, 5.41) is 13.5. The van der Waals surface area contributed by atoms with Crippen LogP contribution in [-0.4, -0.2) is 29.4 Å². The van der Waals surface area contributed by atoms with E-state index in [9.17, 15) is 23.5 Å². The molecule has 0 aromatic heterocycles. The van der Waals surface area contributed by atoms with Gasteiger partial charge in [0, 0.05) is 34.8 Å². The third-order valence-corrected chi connectivity index (χ3v) is 7.33. The van der Waals surface area contributed by atoms with E-state index in [-0.39, 0.29) is 27.5 Å². The number of rotatable bonds is 4. The van der Waals surface area contributed by atoms with Crippen LogP contribution in [0.15, 0.2) is 91.0 Å². The number of hydrogen-bond donors (Lipinski definition) is 2. The highest BCUT2D eigenvalue weighted by Crippen LogP contribution is 2.47. The number of fused-ring (bicyclic) bond motifs is 1. The smallest absolute Gasteiger partial charge is 0.281 e. The molecule has 2 N–H and O–H groups in total. The van der Waals surface area contributed by atoms with E-state index < -0.39 is 42.1 Å². The number of hydrogen-bond acceptors (Lipinski definition) is 3. The fraction of sp³-hybridized carbons (Fsp3) is 0.161. The molecule has 5 rings (SSSR count). The monoisotopic (exact) mass is 564 g/mol. The number of nitrogens with zero attached hydrogens (tertiary/aromatic N) is 1. The van der Waals surface area contributed by atoms with E-state index in [0.717, 1.165) is 23.5 Å². The Hall–Kier alpha value is -4.14. The van der Waals surface area contributed by atoms with Gasteiger partial charge >= 0.3 is 0 Å². The number of aliphatic hydroxyl groups is 1. The van der Waals surface area contributed by atoms with E-state index in [1.165, 1.54) is 30.3 Å². The van der Waals surface area contributed by atoms with Crippen molar-refractivity contribution < 1.29 is 27.9 Å². The number of alkyl halides is 2. The highest BCUT2D eigenvalue weighted by atomic mass is 35.5. The Morgan fingerprint density at radius 3 is 2.35 bits per heavy atom. The summed E-state index contributed by atoms with van der Waals surface area (Å²) in [6.45, 7) is 0.495. The van der Waals surface area contributed by atoms with Gasteiger partial charge in [-0.3, -0.25) is 9.59 Å². The van der Waals surface area contributed by atoms with Gasteiger partial charge in [0.2, 0.25) is 0 Å². The van der Waals surface area contributed by atoms with Gasteiger partial charge in [0.05, 0.1) is 11.3 Å². The lowest BCUT2D eigenvalue weighted by Crippen LogP contribution is -2.42. The van der Waals surface area contributed by atoms with Gasteiger partial charge in [-0.2, -0.15) is 0 Å². The normalized spacial score (nSPS) is 18.0. The average molecular weight is 565 g/mol. The predicted octanol–water partition coefficient (Wildman–Crippen LogP) is 7.29. The lowest BCUT2D eigenvalue weighted by molar-refractivity contribution is -0.177. The first-order chi connectivity index (χ1) is 19.0. The van der Waals surface area contributed by atoms with Gasteiger partial charge in [0.15, 0.2) is 5.60 Å².